The molecule has 150 valence electrons. The fourth-order valence-electron chi connectivity index (χ4n) is 2.81. The highest BCUT2D eigenvalue weighted by Gasteiger charge is 2.18. The van der Waals surface area contributed by atoms with Crippen LogP contribution in [-0.2, 0) is 14.3 Å². The predicted molar refractivity (Wildman–Crippen MR) is 113 cm³/mol. The lowest BCUT2D eigenvalue weighted by Gasteiger charge is -2.18. The molecule has 5 nitrogen and oxygen atoms in total. The molecule has 1 N–H and O–H groups in total. The van der Waals surface area contributed by atoms with Gasteiger partial charge in [-0.2, -0.15) is 0 Å². The molecule has 0 spiro atoms. The topological polar surface area (TPSA) is 64.6 Å². The molecule has 0 saturated carbocycles. The first-order valence-corrected chi connectivity index (χ1v) is 10.1. The van der Waals surface area contributed by atoms with Crippen LogP contribution in [0.15, 0.2) is 66.0 Å². The van der Waals surface area contributed by atoms with Gasteiger partial charge in [-0.1, -0.05) is 48.5 Å². The molecule has 3 rings (SSSR count). The minimum Gasteiger partial charge on any atom is -0.482 e. The summed E-state index contributed by atoms with van der Waals surface area (Å²) in [4.78, 5) is 25.4. The maximum Gasteiger partial charge on any atom is 0.344 e. The predicted octanol–water partition coefficient (Wildman–Crippen LogP) is 4.19. The second kappa shape index (κ2) is 9.89. The molecule has 0 radical (unpaired) electrons. The molecule has 1 heterocycles. The third-order valence-electron chi connectivity index (χ3n) is 4.32. The van der Waals surface area contributed by atoms with Crippen molar-refractivity contribution in [3.05, 3.63) is 87.6 Å². The van der Waals surface area contributed by atoms with Gasteiger partial charge < -0.3 is 14.8 Å². The number of aryl methyl sites for hydroxylation is 2. The third kappa shape index (κ3) is 5.93. The molecular weight excluding hydrogens is 386 g/mol. The van der Waals surface area contributed by atoms with Gasteiger partial charge in [0.25, 0.3) is 5.91 Å². The summed E-state index contributed by atoms with van der Waals surface area (Å²) in [7, 11) is 0. The molecule has 0 aliphatic carbocycles. The number of hydrogen-bond donors (Lipinski definition) is 1. The molecule has 0 bridgehead atoms. The molecule has 0 aliphatic rings. The Morgan fingerprint density at radius 1 is 1.00 bits per heavy atom. The Morgan fingerprint density at radius 2 is 1.79 bits per heavy atom. The summed E-state index contributed by atoms with van der Waals surface area (Å²) in [6.07, 6.45) is 0. The van der Waals surface area contributed by atoms with Gasteiger partial charge in [-0.05, 0) is 48.1 Å². The summed E-state index contributed by atoms with van der Waals surface area (Å²) in [5, 5.41) is 4.90. The summed E-state index contributed by atoms with van der Waals surface area (Å²) in [6.45, 7) is 3.25. The Balaban J connectivity index is 1.53. The average Bonchev–Trinajstić information content (AvgIpc) is 3.26. The molecule has 6 heteroatoms. The molecular formula is C23H23NO4S. The van der Waals surface area contributed by atoms with Crippen LogP contribution >= 0.6 is 11.3 Å². The number of benzene rings is 2. The van der Waals surface area contributed by atoms with Crippen LogP contribution in [0.4, 0.5) is 0 Å². The quantitative estimate of drug-likeness (QED) is 0.567. The van der Waals surface area contributed by atoms with Gasteiger partial charge in [0, 0.05) is 4.88 Å². The fraction of sp³-hybridized carbons (Fsp3) is 0.217. The summed E-state index contributed by atoms with van der Waals surface area (Å²) >= 11 is 1.56. The van der Waals surface area contributed by atoms with Gasteiger partial charge >= 0.3 is 5.97 Å². The summed E-state index contributed by atoms with van der Waals surface area (Å²) < 4.78 is 10.6. The van der Waals surface area contributed by atoms with E-state index < -0.39 is 5.97 Å². The Labute approximate surface area is 174 Å². The Bertz CT molecular complexity index is 954. The van der Waals surface area contributed by atoms with Gasteiger partial charge in [-0.3, -0.25) is 4.79 Å². The number of nitrogens with one attached hydrogen (secondary N) is 1. The lowest BCUT2D eigenvalue weighted by Crippen LogP contribution is -2.33. The van der Waals surface area contributed by atoms with E-state index in [2.05, 4.69) is 5.32 Å². The van der Waals surface area contributed by atoms with Crippen LogP contribution in [0, 0.1) is 13.8 Å². The zero-order chi connectivity index (χ0) is 20.6. The molecule has 0 aliphatic heterocycles. The van der Waals surface area contributed by atoms with Crippen LogP contribution < -0.4 is 10.1 Å². The van der Waals surface area contributed by atoms with Crippen molar-refractivity contribution in [1.82, 2.24) is 5.32 Å². The SMILES string of the molecule is Cc1ccc(C)c(OCC(=O)OCC(=O)N[C@H](c2ccccc2)c2cccs2)c1. The molecule has 3 aromatic rings. The molecule has 29 heavy (non-hydrogen) atoms. The van der Waals surface area contributed by atoms with Crippen molar-refractivity contribution in [3.8, 4) is 5.75 Å². The molecule has 1 aromatic heterocycles. The summed E-state index contributed by atoms with van der Waals surface area (Å²) in [5.41, 5.74) is 2.94. The second-order valence-corrected chi connectivity index (χ2v) is 7.62. The van der Waals surface area contributed by atoms with E-state index in [1.165, 1.54) is 0 Å². The molecule has 0 fully saturated rings. The molecule has 0 saturated heterocycles. The zero-order valence-corrected chi connectivity index (χ0v) is 17.2. The van der Waals surface area contributed by atoms with Gasteiger partial charge in [-0.15, -0.1) is 11.3 Å². The van der Waals surface area contributed by atoms with Crippen molar-refractivity contribution in [2.24, 2.45) is 0 Å². The van der Waals surface area contributed by atoms with Crippen molar-refractivity contribution in [2.45, 2.75) is 19.9 Å². The summed E-state index contributed by atoms with van der Waals surface area (Å²) in [5.74, 6) is -0.325. The third-order valence-corrected chi connectivity index (χ3v) is 5.26. The lowest BCUT2D eigenvalue weighted by atomic mass is 10.1. The number of carbonyl (C=O) groups excluding carboxylic acids is 2. The van der Waals surface area contributed by atoms with Crippen molar-refractivity contribution >= 4 is 23.2 Å². The van der Waals surface area contributed by atoms with Crippen LogP contribution in [-0.4, -0.2) is 25.1 Å². The maximum absolute atomic E-state index is 12.4. The van der Waals surface area contributed by atoms with Gasteiger partial charge in [0.05, 0.1) is 6.04 Å². The van der Waals surface area contributed by atoms with E-state index in [1.807, 2.05) is 79.9 Å². The van der Waals surface area contributed by atoms with Gasteiger partial charge in [0.1, 0.15) is 5.75 Å². The number of ether oxygens (including phenoxy) is 2. The molecule has 1 amide bonds. The number of rotatable bonds is 8. The number of esters is 1. The molecule has 0 unspecified atom stereocenters. The number of hydrogen-bond acceptors (Lipinski definition) is 5. The van der Waals surface area contributed by atoms with Crippen molar-refractivity contribution < 1.29 is 19.1 Å². The highest BCUT2D eigenvalue weighted by Crippen LogP contribution is 2.25. The number of thiophene rings is 1. The highest BCUT2D eigenvalue weighted by atomic mass is 32.1. The average molecular weight is 410 g/mol. The zero-order valence-electron chi connectivity index (χ0n) is 16.4. The van der Waals surface area contributed by atoms with Crippen LogP contribution in [0.5, 0.6) is 5.75 Å². The Hall–Kier alpha value is -3.12. The van der Waals surface area contributed by atoms with E-state index in [0.717, 1.165) is 21.6 Å². The standard InChI is InChI=1S/C23H23NO4S/c1-16-10-11-17(2)19(13-16)27-15-22(26)28-14-21(25)24-23(20-9-6-12-29-20)18-7-4-3-5-8-18/h3-13,23H,14-15H2,1-2H3,(H,24,25)/t23-/m1/s1. The van der Waals surface area contributed by atoms with Crippen molar-refractivity contribution in [2.75, 3.05) is 13.2 Å². The highest BCUT2D eigenvalue weighted by molar-refractivity contribution is 7.10. The number of amides is 1. The molecule has 1 atom stereocenters. The van der Waals surface area contributed by atoms with Gasteiger partial charge in [0.15, 0.2) is 13.2 Å². The maximum atomic E-state index is 12.4. The monoisotopic (exact) mass is 409 g/mol. The van der Waals surface area contributed by atoms with E-state index in [9.17, 15) is 9.59 Å². The first kappa shape index (κ1) is 20.6. The van der Waals surface area contributed by atoms with E-state index >= 15 is 0 Å². The summed E-state index contributed by atoms with van der Waals surface area (Å²) in [6, 6.07) is 19.1. The largest absolute Gasteiger partial charge is 0.482 e. The minimum atomic E-state index is -0.589. The van der Waals surface area contributed by atoms with Gasteiger partial charge in [0.2, 0.25) is 0 Å². The fourth-order valence-corrected chi connectivity index (χ4v) is 3.61. The van der Waals surface area contributed by atoms with E-state index in [-0.39, 0.29) is 25.2 Å². The minimum absolute atomic E-state index is 0.245. The van der Waals surface area contributed by atoms with Crippen LogP contribution in [0.2, 0.25) is 0 Å². The lowest BCUT2D eigenvalue weighted by molar-refractivity contribution is -0.150. The van der Waals surface area contributed by atoms with Crippen LogP contribution in [0.1, 0.15) is 27.6 Å². The van der Waals surface area contributed by atoms with E-state index in [0.29, 0.717) is 5.75 Å². The Kier molecular flexibility index (Phi) is 7.03. The van der Waals surface area contributed by atoms with Gasteiger partial charge in [-0.25, -0.2) is 4.79 Å². The van der Waals surface area contributed by atoms with Crippen molar-refractivity contribution in [1.29, 1.82) is 0 Å². The normalized spacial score (nSPS) is 11.5. The second-order valence-electron chi connectivity index (χ2n) is 6.64. The Morgan fingerprint density at radius 3 is 2.52 bits per heavy atom. The van der Waals surface area contributed by atoms with Crippen molar-refractivity contribution in [3.63, 3.8) is 0 Å². The van der Waals surface area contributed by atoms with E-state index in [4.69, 9.17) is 9.47 Å². The first-order chi connectivity index (χ1) is 14.0. The molecule has 2 aromatic carbocycles. The van der Waals surface area contributed by atoms with Crippen LogP contribution in [0.25, 0.3) is 0 Å². The van der Waals surface area contributed by atoms with Crippen LogP contribution in [0.3, 0.4) is 0 Å². The number of carbonyl (C=O) groups is 2. The smallest absolute Gasteiger partial charge is 0.344 e. The van der Waals surface area contributed by atoms with E-state index in [1.54, 1.807) is 11.3 Å². The first-order valence-electron chi connectivity index (χ1n) is 9.26.